The summed E-state index contributed by atoms with van der Waals surface area (Å²) in [5.41, 5.74) is 2.73. The highest BCUT2D eigenvalue weighted by molar-refractivity contribution is 5.81. The van der Waals surface area contributed by atoms with Gasteiger partial charge in [0.15, 0.2) is 0 Å². The highest BCUT2D eigenvalue weighted by Crippen LogP contribution is 2.32. The fraction of sp³-hybridized carbons (Fsp3) is 0.579. The maximum absolute atomic E-state index is 12.2. The number of aryl methyl sites for hydroxylation is 1. The molecule has 0 saturated carbocycles. The minimum absolute atomic E-state index is 0.0836. The Morgan fingerprint density at radius 3 is 2.38 bits per heavy atom. The number of likely N-dealkylation sites (tertiary alicyclic amines) is 2. The maximum atomic E-state index is 12.2. The molecule has 5 nitrogen and oxygen atoms in total. The molecule has 0 N–H and O–H groups in total. The molecule has 2 saturated heterocycles. The van der Waals surface area contributed by atoms with E-state index in [1.165, 1.54) is 18.2 Å². The van der Waals surface area contributed by atoms with Crippen LogP contribution in [0.3, 0.4) is 0 Å². The van der Waals surface area contributed by atoms with E-state index >= 15 is 0 Å². The van der Waals surface area contributed by atoms with Gasteiger partial charge in [0.25, 0.3) is 0 Å². The van der Waals surface area contributed by atoms with Crippen LogP contribution in [0.5, 0.6) is 0 Å². The Balaban J connectivity index is 1.48. The minimum atomic E-state index is -0.313. The van der Waals surface area contributed by atoms with Crippen LogP contribution in [-0.4, -0.2) is 55.0 Å². The van der Waals surface area contributed by atoms with Gasteiger partial charge in [0.05, 0.1) is 13.5 Å². The molecule has 0 aromatic heterocycles. The molecule has 24 heavy (non-hydrogen) atoms. The first-order chi connectivity index (χ1) is 11.6. The molecule has 0 radical (unpaired) electrons. The molecule has 130 valence electrons. The van der Waals surface area contributed by atoms with Crippen molar-refractivity contribution in [2.45, 2.75) is 26.3 Å². The zero-order chi connectivity index (χ0) is 17.1. The van der Waals surface area contributed by atoms with Crippen LogP contribution < -0.4 is 0 Å². The highest BCUT2D eigenvalue weighted by atomic mass is 16.5. The summed E-state index contributed by atoms with van der Waals surface area (Å²) in [6.45, 7) is 6.92. The van der Waals surface area contributed by atoms with Gasteiger partial charge in [-0.15, -0.1) is 0 Å². The zero-order valence-corrected chi connectivity index (χ0v) is 14.5. The number of methoxy groups -OCH3 is 1. The number of ether oxygens (including phenoxy) is 1. The minimum Gasteiger partial charge on any atom is -0.469 e. The number of hydrogen-bond acceptors (Lipinski definition) is 4. The average Bonchev–Trinajstić information content (AvgIpc) is 3.12. The van der Waals surface area contributed by atoms with Crippen molar-refractivity contribution in [3.05, 3.63) is 35.4 Å². The van der Waals surface area contributed by atoms with Crippen molar-refractivity contribution in [3.63, 3.8) is 0 Å². The fourth-order valence-electron chi connectivity index (χ4n) is 3.92. The molecule has 0 aliphatic carbocycles. The van der Waals surface area contributed by atoms with Crippen LogP contribution in [0.4, 0.5) is 0 Å². The second-order valence-electron chi connectivity index (χ2n) is 7.02. The first-order valence-corrected chi connectivity index (χ1v) is 8.68. The molecule has 1 amide bonds. The zero-order valence-electron chi connectivity index (χ0n) is 14.5. The number of nitrogens with zero attached hydrogens (tertiary/aromatic N) is 2. The van der Waals surface area contributed by atoms with Gasteiger partial charge < -0.3 is 9.64 Å². The second kappa shape index (κ2) is 7.34. The standard InChI is InChI=1S/C19H26N2O3/c1-14-5-3-4-6-15(14)9-20-10-16-12-21(13-17(16)11-20)18(22)7-8-19(23)24-2/h3-6,16-17H,7-13H2,1-2H3. The highest BCUT2D eigenvalue weighted by Gasteiger charge is 2.41. The first-order valence-electron chi connectivity index (χ1n) is 8.68. The van der Waals surface area contributed by atoms with Gasteiger partial charge in [0.2, 0.25) is 5.91 Å². The molecular weight excluding hydrogens is 304 g/mol. The SMILES string of the molecule is COC(=O)CCC(=O)N1CC2CN(Cc3ccccc3C)CC2C1. The smallest absolute Gasteiger partial charge is 0.306 e. The van der Waals surface area contributed by atoms with E-state index in [9.17, 15) is 9.59 Å². The molecule has 3 rings (SSSR count). The van der Waals surface area contributed by atoms with Crippen molar-refractivity contribution in [2.75, 3.05) is 33.3 Å². The predicted molar refractivity (Wildman–Crippen MR) is 91.3 cm³/mol. The van der Waals surface area contributed by atoms with Crippen molar-refractivity contribution in [1.82, 2.24) is 9.80 Å². The first kappa shape index (κ1) is 17.0. The van der Waals surface area contributed by atoms with Crippen molar-refractivity contribution in [2.24, 2.45) is 11.8 Å². The Morgan fingerprint density at radius 2 is 1.75 bits per heavy atom. The van der Waals surface area contributed by atoms with Crippen LogP contribution in [-0.2, 0) is 20.9 Å². The summed E-state index contributed by atoms with van der Waals surface area (Å²) >= 11 is 0. The van der Waals surface area contributed by atoms with Crippen LogP contribution in [0.15, 0.2) is 24.3 Å². The molecule has 5 heteroatoms. The molecule has 1 aromatic carbocycles. The fourth-order valence-corrected chi connectivity index (χ4v) is 3.92. The molecule has 2 atom stereocenters. The van der Waals surface area contributed by atoms with Gasteiger partial charge in [-0.3, -0.25) is 14.5 Å². The Bertz CT molecular complexity index is 602. The van der Waals surface area contributed by atoms with Gasteiger partial charge in [-0.05, 0) is 29.9 Å². The van der Waals surface area contributed by atoms with Gasteiger partial charge >= 0.3 is 5.97 Å². The lowest BCUT2D eigenvalue weighted by Crippen LogP contribution is -2.33. The van der Waals surface area contributed by atoms with Crippen LogP contribution >= 0.6 is 0 Å². The quantitative estimate of drug-likeness (QED) is 0.773. The number of fused-ring (bicyclic) bond motifs is 1. The van der Waals surface area contributed by atoms with Crippen molar-refractivity contribution >= 4 is 11.9 Å². The van der Waals surface area contributed by atoms with E-state index in [1.54, 1.807) is 0 Å². The van der Waals surface area contributed by atoms with E-state index in [0.29, 0.717) is 11.8 Å². The number of rotatable bonds is 5. The van der Waals surface area contributed by atoms with Crippen LogP contribution in [0.1, 0.15) is 24.0 Å². The van der Waals surface area contributed by atoms with Crippen LogP contribution in [0.2, 0.25) is 0 Å². The molecule has 2 aliphatic heterocycles. The summed E-state index contributed by atoms with van der Waals surface area (Å²) in [5.74, 6) is 0.902. The predicted octanol–water partition coefficient (Wildman–Crippen LogP) is 1.84. The summed E-state index contributed by atoms with van der Waals surface area (Å²) < 4.78 is 4.60. The maximum Gasteiger partial charge on any atom is 0.306 e. The van der Waals surface area contributed by atoms with Gasteiger partial charge in [0, 0.05) is 39.1 Å². The van der Waals surface area contributed by atoms with E-state index in [1.807, 2.05) is 4.90 Å². The van der Waals surface area contributed by atoms with E-state index in [0.717, 1.165) is 32.7 Å². The van der Waals surface area contributed by atoms with Crippen molar-refractivity contribution in [1.29, 1.82) is 0 Å². The summed E-state index contributed by atoms with van der Waals surface area (Å²) in [4.78, 5) is 27.8. The summed E-state index contributed by atoms with van der Waals surface area (Å²) in [7, 11) is 1.36. The lowest BCUT2D eigenvalue weighted by molar-refractivity contribution is -0.143. The van der Waals surface area contributed by atoms with Gasteiger partial charge in [-0.1, -0.05) is 24.3 Å². The number of carbonyl (C=O) groups excluding carboxylic acids is 2. The van der Waals surface area contributed by atoms with Gasteiger partial charge in [-0.25, -0.2) is 0 Å². The second-order valence-corrected chi connectivity index (χ2v) is 7.02. The number of benzene rings is 1. The molecule has 2 fully saturated rings. The monoisotopic (exact) mass is 330 g/mol. The summed E-state index contributed by atoms with van der Waals surface area (Å²) in [5, 5.41) is 0. The molecule has 2 unspecified atom stereocenters. The van der Waals surface area contributed by atoms with E-state index < -0.39 is 0 Å². The third-order valence-electron chi connectivity index (χ3n) is 5.34. The Hall–Kier alpha value is -1.88. The van der Waals surface area contributed by atoms with E-state index in [2.05, 4.69) is 40.8 Å². The topological polar surface area (TPSA) is 49.9 Å². The van der Waals surface area contributed by atoms with E-state index in [-0.39, 0.29) is 24.7 Å². The summed E-state index contributed by atoms with van der Waals surface area (Å²) in [6.07, 6.45) is 0.444. The molecule has 1 aromatic rings. The lowest BCUT2D eigenvalue weighted by atomic mass is 10.0. The molecule has 0 spiro atoms. The molecule has 2 heterocycles. The van der Waals surface area contributed by atoms with Gasteiger partial charge in [-0.2, -0.15) is 0 Å². The van der Waals surface area contributed by atoms with Crippen LogP contribution in [0, 0.1) is 18.8 Å². The Morgan fingerprint density at radius 1 is 1.08 bits per heavy atom. The number of hydrogen-bond donors (Lipinski definition) is 0. The van der Waals surface area contributed by atoms with Crippen molar-refractivity contribution < 1.29 is 14.3 Å². The third-order valence-corrected chi connectivity index (χ3v) is 5.34. The normalized spacial score (nSPS) is 23.3. The van der Waals surface area contributed by atoms with E-state index in [4.69, 9.17) is 0 Å². The van der Waals surface area contributed by atoms with Crippen molar-refractivity contribution in [3.8, 4) is 0 Å². The lowest BCUT2D eigenvalue weighted by Gasteiger charge is -2.22. The largest absolute Gasteiger partial charge is 0.469 e. The number of carbonyl (C=O) groups is 2. The molecule has 2 aliphatic rings. The number of esters is 1. The number of amides is 1. The Labute approximate surface area is 143 Å². The molecule has 0 bridgehead atoms. The third kappa shape index (κ3) is 3.78. The summed E-state index contributed by atoms with van der Waals surface area (Å²) in [6, 6.07) is 8.54. The average molecular weight is 330 g/mol. The van der Waals surface area contributed by atoms with Gasteiger partial charge in [0.1, 0.15) is 0 Å². The Kier molecular flexibility index (Phi) is 5.19. The van der Waals surface area contributed by atoms with Crippen LogP contribution in [0.25, 0.3) is 0 Å². The molecular formula is C19H26N2O3.